The van der Waals surface area contributed by atoms with Crippen LogP contribution in [0, 0.1) is 11.7 Å². The monoisotopic (exact) mass is 282 g/mol. The second kappa shape index (κ2) is 5.49. The van der Waals surface area contributed by atoms with Gasteiger partial charge >= 0.3 is 0 Å². The quantitative estimate of drug-likeness (QED) is 0.715. The van der Waals surface area contributed by atoms with Crippen molar-refractivity contribution < 1.29 is 4.39 Å². The zero-order valence-corrected chi connectivity index (χ0v) is 12.6. The fraction of sp³-hybridized carbons (Fsp3) is 0.533. The largest absolute Gasteiger partial charge is 0.324 e. The molecule has 0 aliphatic heterocycles. The lowest BCUT2D eigenvalue weighted by Crippen LogP contribution is -2.16. The second-order valence-electron chi connectivity index (χ2n) is 5.22. The minimum Gasteiger partial charge on any atom is -0.324 e. The SMILES string of the molecule is CCC(C)C(C)n1c(C(C)Cl)nc2ccc(F)cc21. The maximum atomic E-state index is 13.5. The first kappa shape index (κ1) is 14.3. The number of imidazole rings is 1. The Hall–Kier alpha value is -1.09. The first-order valence-electron chi connectivity index (χ1n) is 6.77. The molecule has 1 heterocycles. The molecule has 3 atom stereocenters. The van der Waals surface area contributed by atoms with Gasteiger partial charge < -0.3 is 4.57 Å². The fourth-order valence-electron chi connectivity index (χ4n) is 2.39. The van der Waals surface area contributed by atoms with Crippen molar-refractivity contribution >= 4 is 22.6 Å². The molecule has 0 N–H and O–H groups in total. The van der Waals surface area contributed by atoms with Crippen molar-refractivity contribution in [2.24, 2.45) is 5.92 Å². The normalized spacial score (nSPS) is 16.5. The van der Waals surface area contributed by atoms with Gasteiger partial charge in [0, 0.05) is 6.04 Å². The standard InChI is InChI=1S/C15H20ClFN2/c1-5-9(2)11(4)19-14-8-12(17)6-7-13(14)18-15(19)10(3)16/h6-11H,5H2,1-4H3. The number of fused-ring (bicyclic) bond motifs is 1. The summed E-state index contributed by atoms with van der Waals surface area (Å²) < 4.78 is 15.6. The summed E-state index contributed by atoms with van der Waals surface area (Å²) in [7, 11) is 0. The van der Waals surface area contributed by atoms with Crippen LogP contribution in [0.3, 0.4) is 0 Å². The third-order valence-corrected chi connectivity index (χ3v) is 4.10. The highest BCUT2D eigenvalue weighted by molar-refractivity contribution is 6.20. The highest BCUT2D eigenvalue weighted by Gasteiger charge is 2.22. The fourth-order valence-corrected chi connectivity index (χ4v) is 2.54. The maximum Gasteiger partial charge on any atom is 0.127 e. The van der Waals surface area contributed by atoms with E-state index in [2.05, 4.69) is 30.3 Å². The van der Waals surface area contributed by atoms with E-state index in [-0.39, 0.29) is 17.2 Å². The van der Waals surface area contributed by atoms with Gasteiger partial charge in [0.1, 0.15) is 11.6 Å². The van der Waals surface area contributed by atoms with Gasteiger partial charge in [0.15, 0.2) is 0 Å². The minimum atomic E-state index is -0.237. The molecule has 0 aliphatic rings. The lowest BCUT2D eigenvalue weighted by Gasteiger charge is -2.23. The van der Waals surface area contributed by atoms with Crippen LogP contribution in [-0.4, -0.2) is 9.55 Å². The van der Waals surface area contributed by atoms with Crippen LogP contribution < -0.4 is 0 Å². The van der Waals surface area contributed by atoms with E-state index in [0.717, 1.165) is 23.3 Å². The molecule has 2 rings (SSSR count). The van der Waals surface area contributed by atoms with Crippen molar-refractivity contribution in [3.63, 3.8) is 0 Å². The summed E-state index contributed by atoms with van der Waals surface area (Å²) in [6.45, 7) is 8.39. The topological polar surface area (TPSA) is 17.8 Å². The van der Waals surface area contributed by atoms with Gasteiger partial charge in [-0.05, 0) is 38.0 Å². The Kier molecular flexibility index (Phi) is 4.14. The molecule has 1 aromatic carbocycles. The Bertz CT molecular complexity index is 577. The predicted octanol–water partition coefficient (Wildman–Crippen LogP) is 5.08. The lowest BCUT2D eigenvalue weighted by molar-refractivity contribution is 0.368. The molecule has 0 saturated carbocycles. The predicted molar refractivity (Wildman–Crippen MR) is 78.1 cm³/mol. The molecule has 2 nitrogen and oxygen atoms in total. The number of benzene rings is 1. The molecule has 104 valence electrons. The second-order valence-corrected chi connectivity index (χ2v) is 5.87. The minimum absolute atomic E-state index is 0.193. The van der Waals surface area contributed by atoms with Gasteiger partial charge in [0.25, 0.3) is 0 Å². The third kappa shape index (κ3) is 2.62. The molecule has 0 bridgehead atoms. The molecule has 3 unspecified atom stereocenters. The molecule has 4 heteroatoms. The number of hydrogen-bond acceptors (Lipinski definition) is 1. The van der Waals surface area contributed by atoms with E-state index in [0.29, 0.717) is 5.92 Å². The molecule has 0 spiro atoms. The van der Waals surface area contributed by atoms with Crippen molar-refractivity contribution in [2.45, 2.75) is 45.5 Å². The molecule has 0 amide bonds. The van der Waals surface area contributed by atoms with Crippen LogP contribution in [0.25, 0.3) is 11.0 Å². The molecule has 0 radical (unpaired) electrons. The van der Waals surface area contributed by atoms with Crippen LogP contribution in [0.1, 0.15) is 51.4 Å². The Balaban J connectivity index is 2.66. The molecular weight excluding hydrogens is 263 g/mol. The van der Waals surface area contributed by atoms with E-state index in [9.17, 15) is 4.39 Å². The van der Waals surface area contributed by atoms with Crippen LogP contribution in [0.2, 0.25) is 0 Å². The van der Waals surface area contributed by atoms with E-state index in [1.807, 2.05) is 6.92 Å². The first-order chi connectivity index (χ1) is 8.95. The maximum absolute atomic E-state index is 13.5. The average molecular weight is 283 g/mol. The number of hydrogen-bond donors (Lipinski definition) is 0. The number of rotatable bonds is 4. The van der Waals surface area contributed by atoms with Crippen LogP contribution >= 0.6 is 11.6 Å². The highest BCUT2D eigenvalue weighted by Crippen LogP contribution is 2.32. The van der Waals surface area contributed by atoms with Gasteiger partial charge in [0.2, 0.25) is 0 Å². The lowest BCUT2D eigenvalue weighted by atomic mass is 10.0. The van der Waals surface area contributed by atoms with Crippen molar-refractivity contribution in [1.29, 1.82) is 0 Å². The zero-order valence-electron chi connectivity index (χ0n) is 11.8. The van der Waals surface area contributed by atoms with Gasteiger partial charge in [-0.15, -0.1) is 11.6 Å². The van der Waals surface area contributed by atoms with Crippen molar-refractivity contribution in [3.8, 4) is 0 Å². The summed E-state index contributed by atoms with van der Waals surface area (Å²) in [5.74, 6) is 1.06. The molecule has 0 aliphatic carbocycles. The summed E-state index contributed by atoms with van der Waals surface area (Å²) in [5, 5.41) is -0.193. The third-order valence-electron chi connectivity index (χ3n) is 3.91. The molecule has 1 aromatic heterocycles. The van der Waals surface area contributed by atoms with Gasteiger partial charge in [0.05, 0.1) is 16.4 Å². The summed E-state index contributed by atoms with van der Waals surface area (Å²) in [6, 6.07) is 4.95. The van der Waals surface area contributed by atoms with E-state index in [4.69, 9.17) is 11.6 Å². The van der Waals surface area contributed by atoms with Gasteiger partial charge in [-0.2, -0.15) is 0 Å². The molecule has 0 fully saturated rings. The Morgan fingerprint density at radius 1 is 1.32 bits per heavy atom. The number of aromatic nitrogens is 2. The van der Waals surface area contributed by atoms with Crippen LogP contribution in [0.15, 0.2) is 18.2 Å². The summed E-state index contributed by atoms with van der Waals surface area (Å²) in [6.07, 6.45) is 1.06. The van der Waals surface area contributed by atoms with Gasteiger partial charge in [-0.25, -0.2) is 9.37 Å². The van der Waals surface area contributed by atoms with Crippen LogP contribution in [0.4, 0.5) is 4.39 Å². The molecule has 19 heavy (non-hydrogen) atoms. The smallest absolute Gasteiger partial charge is 0.127 e. The summed E-state index contributed by atoms with van der Waals surface area (Å²) in [4.78, 5) is 4.56. The number of halogens is 2. The Labute approximate surface area is 118 Å². The van der Waals surface area contributed by atoms with Crippen LogP contribution in [0.5, 0.6) is 0 Å². The molecule has 2 aromatic rings. The summed E-state index contributed by atoms with van der Waals surface area (Å²) in [5.41, 5.74) is 1.63. The van der Waals surface area contributed by atoms with Crippen molar-refractivity contribution in [2.75, 3.05) is 0 Å². The number of nitrogens with zero attached hydrogens (tertiary/aromatic N) is 2. The Morgan fingerprint density at radius 3 is 2.58 bits per heavy atom. The van der Waals surface area contributed by atoms with Gasteiger partial charge in [-0.3, -0.25) is 0 Å². The Morgan fingerprint density at radius 2 is 2.00 bits per heavy atom. The van der Waals surface area contributed by atoms with Crippen LogP contribution in [-0.2, 0) is 0 Å². The first-order valence-corrected chi connectivity index (χ1v) is 7.20. The highest BCUT2D eigenvalue weighted by atomic mass is 35.5. The zero-order chi connectivity index (χ0) is 14.2. The summed E-state index contributed by atoms with van der Waals surface area (Å²) >= 11 is 6.23. The van der Waals surface area contributed by atoms with Gasteiger partial charge in [-0.1, -0.05) is 20.3 Å². The molecular formula is C15H20ClFN2. The van der Waals surface area contributed by atoms with E-state index in [1.165, 1.54) is 6.07 Å². The van der Waals surface area contributed by atoms with Crippen molar-refractivity contribution in [1.82, 2.24) is 9.55 Å². The number of alkyl halides is 1. The molecule has 0 saturated heterocycles. The van der Waals surface area contributed by atoms with Crippen molar-refractivity contribution in [3.05, 3.63) is 29.8 Å². The van der Waals surface area contributed by atoms with E-state index in [1.54, 1.807) is 12.1 Å². The van der Waals surface area contributed by atoms with E-state index >= 15 is 0 Å². The average Bonchev–Trinajstić information content (AvgIpc) is 2.75. The van der Waals surface area contributed by atoms with E-state index < -0.39 is 0 Å².